The first-order chi connectivity index (χ1) is 11.7. The number of aliphatic hydroxyl groups is 1. The zero-order valence-electron chi connectivity index (χ0n) is 13.3. The quantitative estimate of drug-likeness (QED) is 0.604. The van der Waals surface area contributed by atoms with E-state index in [4.69, 9.17) is 10.4 Å². The molecule has 1 fully saturated rings. The van der Waals surface area contributed by atoms with Gasteiger partial charge in [-0.25, -0.2) is 0 Å². The predicted molar refractivity (Wildman–Crippen MR) is 88.6 cm³/mol. The Bertz CT molecular complexity index is 694. The molecule has 7 heteroatoms. The van der Waals surface area contributed by atoms with Crippen LogP contribution in [0.15, 0.2) is 36.0 Å². The predicted octanol–water partition coefficient (Wildman–Crippen LogP) is 0.514. The maximum atomic E-state index is 12.3. The van der Waals surface area contributed by atoms with Crippen LogP contribution in [-0.2, 0) is 4.79 Å². The molecular weight excluding hydrogens is 306 g/mol. The molecule has 1 amide bonds. The molecule has 0 saturated carbocycles. The van der Waals surface area contributed by atoms with Crippen molar-refractivity contribution in [2.75, 3.05) is 44.6 Å². The highest BCUT2D eigenvalue weighted by Gasteiger charge is 2.17. The van der Waals surface area contributed by atoms with Crippen molar-refractivity contribution >= 4 is 11.6 Å². The van der Waals surface area contributed by atoms with Crippen molar-refractivity contribution in [3.63, 3.8) is 0 Å². The molecular formula is C17H19N5O2. The van der Waals surface area contributed by atoms with Crippen LogP contribution in [0.4, 0.5) is 5.69 Å². The van der Waals surface area contributed by atoms with E-state index in [0.717, 1.165) is 13.1 Å². The zero-order chi connectivity index (χ0) is 17.4. The zero-order valence-corrected chi connectivity index (χ0v) is 13.3. The van der Waals surface area contributed by atoms with Gasteiger partial charge in [-0.1, -0.05) is 12.1 Å². The minimum Gasteiger partial charge on any atom is -0.395 e. The number of rotatable bonds is 5. The van der Waals surface area contributed by atoms with Gasteiger partial charge in [0.05, 0.1) is 17.9 Å². The highest BCUT2D eigenvalue weighted by Crippen LogP contribution is 2.15. The van der Waals surface area contributed by atoms with Gasteiger partial charge >= 0.3 is 0 Å². The highest BCUT2D eigenvalue weighted by molar-refractivity contribution is 6.07. The van der Waals surface area contributed by atoms with Crippen molar-refractivity contribution in [3.8, 4) is 12.1 Å². The van der Waals surface area contributed by atoms with E-state index in [1.807, 2.05) is 17.0 Å². The van der Waals surface area contributed by atoms with Crippen LogP contribution in [0.2, 0.25) is 0 Å². The van der Waals surface area contributed by atoms with E-state index in [1.54, 1.807) is 30.5 Å². The van der Waals surface area contributed by atoms with E-state index in [0.29, 0.717) is 30.9 Å². The summed E-state index contributed by atoms with van der Waals surface area (Å²) in [5.41, 5.74) is 0.734. The topological polar surface area (TPSA) is 103 Å². The first kappa shape index (κ1) is 17.5. The molecule has 1 aromatic carbocycles. The van der Waals surface area contributed by atoms with Gasteiger partial charge in [0.15, 0.2) is 0 Å². The first-order valence-corrected chi connectivity index (χ1v) is 7.67. The molecule has 2 N–H and O–H groups in total. The van der Waals surface area contributed by atoms with Crippen LogP contribution in [0.3, 0.4) is 0 Å². The van der Waals surface area contributed by atoms with E-state index in [2.05, 4.69) is 10.2 Å². The Labute approximate surface area is 141 Å². The molecule has 2 rings (SSSR count). The minimum atomic E-state index is -0.530. The van der Waals surface area contributed by atoms with Crippen LogP contribution in [0.25, 0.3) is 0 Å². The van der Waals surface area contributed by atoms with Gasteiger partial charge in [-0.3, -0.25) is 9.69 Å². The molecule has 0 radical (unpaired) electrons. The Hall–Kier alpha value is -2.87. The molecule has 0 spiro atoms. The van der Waals surface area contributed by atoms with Gasteiger partial charge in [0.1, 0.15) is 17.7 Å². The van der Waals surface area contributed by atoms with Gasteiger partial charge in [-0.15, -0.1) is 0 Å². The van der Waals surface area contributed by atoms with Crippen LogP contribution in [0.5, 0.6) is 0 Å². The minimum absolute atomic E-state index is 0.00153. The Kier molecular flexibility index (Phi) is 6.32. The fourth-order valence-corrected chi connectivity index (χ4v) is 2.46. The van der Waals surface area contributed by atoms with Crippen molar-refractivity contribution in [3.05, 3.63) is 41.6 Å². The molecule has 0 aromatic heterocycles. The smallest absolute Gasteiger partial charge is 0.267 e. The molecule has 1 aliphatic heterocycles. The molecule has 1 saturated heterocycles. The Morgan fingerprint density at radius 2 is 1.96 bits per heavy atom. The molecule has 1 aliphatic rings. The van der Waals surface area contributed by atoms with Crippen molar-refractivity contribution in [2.24, 2.45) is 0 Å². The second-order valence-corrected chi connectivity index (χ2v) is 5.37. The summed E-state index contributed by atoms with van der Waals surface area (Å²) in [5.74, 6) is -0.530. The van der Waals surface area contributed by atoms with Crippen molar-refractivity contribution in [2.45, 2.75) is 0 Å². The van der Waals surface area contributed by atoms with Crippen LogP contribution in [-0.4, -0.2) is 60.1 Å². The molecule has 0 atom stereocenters. The fraction of sp³-hybridized carbons (Fsp3) is 0.353. The lowest BCUT2D eigenvalue weighted by Crippen LogP contribution is -2.45. The monoisotopic (exact) mass is 325 g/mol. The van der Waals surface area contributed by atoms with Gasteiger partial charge in [0.2, 0.25) is 0 Å². The second-order valence-electron chi connectivity index (χ2n) is 5.37. The van der Waals surface area contributed by atoms with E-state index in [-0.39, 0.29) is 12.2 Å². The normalized spacial score (nSPS) is 15.5. The van der Waals surface area contributed by atoms with E-state index in [1.165, 1.54) is 0 Å². The Balaban J connectivity index is 2.02. The van der Waals surface area contributed by atoms with E-state index < -0.39 is 5.91 Å². The fourth-order valence-electron chi connectivity index (χ4n) is 2.46. The Morgan fingerprint density at radius 1 is 1.25 bits per heavy atom. The van der Waals surface area contributed by atoms with Crippen molar-refractivity contribution in [1.82, 2.24) is 9.80 Å². The summed E-state index contributed by atoms with van der Waals surface area (Å²) in [6, 6.07) is 10.6. The molecule has 7 nitrogen and oxygen atoms in total. The largest absolute Gasteiger partial charge is 0.395 e. The number of nitrogens with one attached hydrogen (secondary N) is 1. The number of nitriles is 2. The molecule has 0 aliphatic carbocycles. The maximum Gasteiger partial charge on any atom is 0.267 e. The second kappa shape index (κ2) is 8.68. The highest BCUT2D eigenvalue weighted by atomic mass is 16.3. The lowest BCUT2D eigenvalue weighted by Gasteiger charge is -2.33. The van der Waals surface area contributed by atoms with Gasteiger partial charge in [0, 0.05) is 38.9 Å². The standard InChI is InChI=1S/C17H19N5O2/c18-11-14-3-1-2-4-16(14)20-17(24)15(12-19)13-22-7-5-21(6-8-22)9-10-23/h1-4,13,23H,5-10H2,(H,20,24)/b15-13-. The number of aliphatic hydroxyl groups excluding tert-OH is 1. The van der Waals surface area contributed by atoms with Crippen LogP contribution < -0.4 is 5.32 Å². The molecule has 0 unspecified atom stereocenters. The lowest BCUT2D eigenvalue weighted by atomic mass is 10.2. The molecule has 1 heterocycles. The number of para-hydroxylation sites is 1. The third kappa shape index (κ3) is 4.56. The summed E-state index contributed by atoms with van der Waals surface area (Å²) in [4.78, 5) is 16.3. The van der Waals surface area contributed by atoms with Gasteiger partial charge < -0.3 is 15.3 Å². The number of carbonyl (C=O) groups is 1. The summed E-state index contributed by atoms with van der Waals surface area (Å²) in [7, 11) is 0. The summed E-state index contributed by atoms with van der Waals surface area (Å²) in [6.45, 7) is 3.68. The number of hydrogen-bond acceptors (Lipinski definition) is 6. The Morgan fingerprint density at radius 3 is 2.58 bits per heavy atom. The van der Waals surface area contributed by atoms with E-state index >= 15 is 0 Å². The average molecular weight is 325 g/mol. The summed E-state index contributed by atoms with van der Waals surface area (Å²) in [5, 5.41) is 29.8. The van der Waals surface area contributed by atoms with Crippen molar-refractivity contribution in [1.29, 1.82) is 10.5 Å². The SMILES string of the molecule is N#C/C(=C/N1CCN(CCO)CC1)C(=O)Nc1ccccc1C#N. The lowest BCUT2D eigenvalue weighted by molar-refractivity contribution is -0.112. The maximum absolute atomic E-state index is 12.3. The number of nitrogens with zero attached hydrogens (tertiary/aromatic N) is 4. The summed E-state index contributed by atoms with van der Waals surface area (Å²) >= 11 is 0. The number of anilines is 1. The van der Waals surface area contributed by atoms with Crippen molar-refractivity contribution < 1.29 is 9.90 Å². The number of hydrogen-bond donors (Lipinski definition) is 2. The number of piperazine rings is 1. The average Bonchev–Trinajstić information content (AvgIpc) is 2.61. The third-order valence-electron chi connectivity index (χ3n) is 3.80. The first-order valence-electron chi connectivity index (χ1n) is 7.67. The van der Waals surface area contributed by atoms with Gasteiger partial charge in [-0.05, 0) is 12.1 Å². The van der Waals surface area contributed by atoms with Gasteiger partial charge in [-0.2, -0.15) is 10.5 Å². The number of carbonyl (C=O) groups excluding carboxylic acids is 1. The third-order valence-corrected chi connectivity index (χ3v) is 3.80. The number of β-amino-alcohol motifs (C(OH)–C–C–N with tert-alkyl or cyclic N) is 1. The summed E-state index contributed by atoms with van der Waals surface area (Å²) < 4.78 is 0. The molecule has 124 valence electrons. The molecule has 24 heavy (non-hydrogen) atoms. The van der Waals surface area contributed by atoms with E-state index in [9.17, 15) is 10.1 Å². The van der Waals surface area contributed by atoms with Gasteiger partial charge in [0.25, 0.3) is 5.91 Å². The van der Waals surface area contributed by atoms with Crippen LogP contribution in [0, 0.1) is 22.7 Å². The van der Waals surface area contributed by atoms with Crippen LogP contribution in [0.1, 0.15) is 5.56 Å². The van der Waals surface area contributed by atoms with Crippen LogP contribution >= 0.6 is 0 Å². The molecule has 1 aromatic rings. The number of amides is 1. The number of benzene rings is 1. The summed E-state index contributed by atoms with van der Waals surface area (Å²) in [6.07, 6.45) is 1.56. The molecule has 0 bridgehead atoms.